The zero-order chi connectivity index (χ0) is 8.97. The Morgan fingerprint density at radius 2 is 2.00 bits per heavy atom. The SMILES string of the molecule is CC=CC(=O)c1ccccc1C. The third kappa shape index (κ3) is 1.82. The number of hydrogen-bond acceptors (Lipinski definition) is 1. The maximum atomic E-state index is 11.4. The Hall–Kier alpha value is -1.37. The highest BCUT2D eigenvalue weighted by Gasteiger charge is 2.02. The molecule has 1 heteroatoms. The molecule has 0 N–H and O–H groups in total. The standard InChI is InChI=1S/C11H12O/c1-3-6-11(12)10-8-5-4-7-9(10)2/h3-8H,1-2H3. The Labute approximate surface area is 72.7 Å². The Kier molecular flexibility index (Phi) is 2.81. The number of aryl methyl sites for hydroxylation is 1. The smallest absolute Gasteiger partial charge is 0.185 e. The molecule has 0 fully saturated rings. The van der Waals surface area contributed by atoms with Crippen LogP contribution in [0.25, 0.3) is 0 Å². The molecule has 0 aliphatic rings. The summed E-state index contributed by atoms with van der Waals surface area (Å²) in [4.78, 5) is 11.4. The quantitative estimate of drug-likeness (QED) is 0.480. The first-order valence-corrected chi connectivity index (χ1v) is 3.98. The van der Waals surface area contributed by atoms with E-state index in [0.29, 0.717) is 0 Å². The molecule has 0 saturated heterocycles. The van der Waals surface area contributed by atoms with Crippen molar-refractivity contribution in [2.75, 3.05) is 0 Å². The molecule has 0 heterocycles. The topological polar surface area (TPSA) is 17.1 Å². The Balaban J connectivity index is 3.03. The number of allylic oxidation sites excluding steroid dienone is 2. The van der Waals surface area contributed by atoms with Crippen molar-refractivity contribution in [2.45, 2.75) is 13.8 Å². The molecule has 12 heavy (non-hydrogen) atoms. The molecule has 0 aliphatic carbocycles. The first-order valence-electron chi connectivity index (χ1n) is 3.98. The van der Waals surface area contributed by atoms with E-state index >= 15 is 0 Å². The highest BCUT2D eigenvalue weighted by Crippen LogP contribution is 2.07. The zero-order valence-corrected chi connectivity index (χ0v) is 7.37. The van der Waals surface area contributed by atoms with Gasteiger partial charge in [-0.25, -0.2) is 0 Å². The van der Waals surface area contributed by atoms with Gasteiger partial charge >= 0.3 is 0 Å². The van der Waals surface area contributed by atoms with E-state index in [1.54, 1.807) is 12.2 Å². The van der Waals surface area contributed by atoms with Crippen molar-refractivity contribution in [3.63, 3.8) is 0 Å². The lowest BCUT2D eigenvalue weighted by Gasteiger charge is -1.99. The van der Waals surface area contributed by atoms with Gasteiger partial charge in [-0.2, -0.15) is 0 Å². The molecule has 62 valence electrons. The van der Waals surface area contributed by atoms with Crippen molar-refractivity contribution < 1.29 is 4.79 Å². The van der Waals surface area contributed by atoms with E-state index in [-0.39, 0.29) is 5.78 Å². The van der Waals surface area contributed by atoms with E-state index in [1.807, 2.05) is 38.1 Å². The summed E-state index contributed by atoms with van der Waals surface area (Å²) in [6.45, 7) is 3.78. The summed E-state index contributed by atoms with van der Waals surface area (Å²) < 4.78 is 0. The van der Waals surface area contributed by atoms with Gasteiger partial charge in [0.2, 0.25) is 0 Å². The van der Waals surface area contributed by atoms with Crippen LogP contribution in [0.15, 0.2) is 36.4 Å². The molecule has 0 aromatic heterocycles. The number of hydrogen-bond donors (Lipinski definition) is 0. The molecule has 0 aliphatic heterocycles. The van der Waals surface area contributed by atoms with Gasteiger partial charge in [0.1, 0.15) is 0 Å². The molecule has 0 radical (unpaired) electrons. The lowest BCUT2D eigenvalue weighted by molar-refractivity contribution is 0.104. The van der Waals surface area contributed by atoms with Crippen molar-refractivity contribution >= 4 is 5.78 Å². The Morgan fingerprint density at radius 3 is 2.58 bits per heavy atom. The molecule has 1 aromatic rings. The van der Waals surface area contributed by atoms with Crippen LogP contribution in [0.2, 0.25) is 0 Å². The molecule has 0 saturated carbocycles. The minimum atomic E-state index is 0.0793. The first kappa shape index (κ1) is 8.72. The summed E-state index contributed by atoms with van der Waals surface area (Å²) in [6, 6.07) is 7.60. The highest BCUT2D eigenvalue weighted by atomic mass is 16.1. The van der Waals surface area contributed by atoms with Crippen LogP contribution in [0.4, 0.5) is 0 Å². The molecule has 0 amide bonds. The maximum absolute atomic E-state index is 11.4. The fourth-order valence-electron chi connectivity index (χ4n) is 1.09. The lowest BCUT2D eigenvalue weighted by atomic mass is 10.0. The fraction of sp³-hybridized carbons (Fsp3) is 0.182. The van der Waals surface area contributed by atoms with E-state index in [4.69, 9.17) is 0 Å². The van der Waals surface area contributed by atoms with E-state index in [0.717, 1.165) is 11.1 Å². The van der Waals surface area contributed by atoms with Gasteiger partial charge in [-0.3, -0.25) is 4.79 Å². The summed E-state index contributed by atoms with van der Waals surface area (Å²) in [5.74, 6) is 0.0793. The lowest BCUT2D eigenvalue weighted by Crippen LogP contribution is -1.96. The number of carbonyl (C=O) groups excluding carboxylic acids is 1. The number of benzene rings is 1. The van der Waals surface area contributed by atoms with E-state index in [2.05, 4.69) is 0 Å². The molecule has 1 rings (SSSR count). The molecular weight excluding hydrogens is 148 g/mol. The van der Waals surface area contributed by atoms with Crippen molar-refractivity contribution in [1.29, 1.82) is 0 Å². The molecule has 1 aromatic carbocycles. The Bertz CT molecular complexity index is 311. The van der Waals surface area contributed by atoms with Crippen LogP contribution in [0.3, 0.4) is 0 Å². The van der Waals surface area contributed by atoms with Crippen LogP contribution in [0.5, 0.6) is 0 Å². The second-order valence-electron chi connectivity index (χ2n) is 2.68. The van der Waals surface area contributed by atoms with Crippen molar-refractivity contribution in [3.05, 3.63) is 47.5 Å². The van der Waals surface area contributed by atoms with Crippen LogP contribution < -0.4 is 0 Å². The molecule has 0 bridgehead atoms. The van der Waals surface area contributed by atoms with Crippen molar-refractivity contribution in [1.82, 2.24) is 0 Å². The molecule has 0 spiro atoms. The molecular formula is C11H12O. The first-order chi connectivity index (χ1) is 5.75. The van der Waals surface area contributed by atoms with Crippen LogP contribution in [0, 0.1) is 6.92 Å². The molecule has 0 unspecified atom stereocenters. The van der Waals surface area contributed by atoms with Crippen LogP contribution in [-0.4, -0.2) is 5.78 Å². The largest absolute Gasteiger partial charge is 0.289 e. The minimum Gasteiger partial charge on any atom is -0.289 e. The van der Waals surface area contributed by atoms with E-state index in [9.17, 15) is 4.79 Å². The molecule has 0 atom stereocenters. The van der Waals surface area contributed by atoms with Crippen LogP contribution >= 0.6 is 0 Å². The second-order valence-corrected chi connectivity index (χ2v) is 2.68. The van der Waals surface area contributed by atoms with Gasteiger partial charge in [-0.05, 0) is 25.5 Å². The van der Waals surface area contributed by atoms with Crippen molar-refractivity contribution in [3.8, 4) is 0 Å². The van der Waals surface area contributed by atoms with Gasteiger partial charge < -0.3 is 0 Å². The zero-order valence-electron chi connectivity index (χ0n) is 7.37. The average molecular weight is 160 g/mol. The van der Waals surface area contributed by atoms with E-state index < -0.39 is 0 Å². The monoisotopic (exact) mass is 160 g/mol. The van der Waals surface area contributed by atoms with Gasteiger partial charge in [0.05, 0.1) is 0 Å². The molecule has 1 nitrogen and oxygen atoms in total. The van der Waals surface area contributed by atoms with Gasteiger partial charge in [0.15, 0.2) is 5.78 Å². The van der Waals surface area contributed by atoms with Crippen LogP contribution in [0.1, 0.15) is 22.8 Å². The van der Waals surface area contributed by atoms with Gasteiger partial charge in [0.25, 0.3) is 0 Å². The maximum Gasteiger partial charge on any atom is 0.185 e. The summed E-state index contributed by atoms with van der Waals surface area (Å²) >= 11 is 0. The fourth-order valence-corrected chi connectivity index (χ4v) is 1.09. The summed E-state index contributed by atoms with van der Waals surface area (Å²) in [5.41, 5.74) is 1.82. The third-order valence-electron chi connectivity index (χ3n) is 1.73. The number of rotatable bonds is 2. The summed E-state index contributed by atoms with van der Waals surface area (Å²) in [7, 11) is 0. The van der Waals surface area contributed by atoms with Crippen molar-refractivity contribution in [2.24, 2.45) is 0 Å². The summed E-state index contributed by atoms with van der Waals surface area (Å²) in [6.07, 6.45) is 3.34. The van der Waals surface area contributed by atoms with Gasteiger partial charge in [-0.1, -0.05) is 30.3 Å². The minimum absolute atomic E-state index is 0.0793. The predicted molar refractivity (Wildman–Crippen MR) is 50.3 cm³/mol. The van der Waals surface area contributed by atoms with E-state index in [1.165, 1.54) is 0 Å². The normalized spacial score (nSPS) is 10.5. The van der Waals surface area contributed by atoms with Gasteiger partial charge in [-0.15, -0.1) is 0 Å². The van der Waals surface area contributed by atoms with Gasteiger partial charge in [0, 0.05) is 5.56 Å². The predicted octanol–water partition coefficient (Wildman–Crippen LogP) is 2.75. The van der Waals surface area contributed by atoms with Crippen LogP contribution in [-0.2, 0) is 0 Å². The number of ketones is 1. The average Bonchev–Trinajstić information content (AvgIpc) is 2.05. The third-order valence-corrected chi connectivity index (χ3v) is 1.73. The number of carbonyl (C=O) groups is 1. The summed E-state index contributed by atoms with van der Waals surface area (Å²) in [5, 5.41) is 0. The highest BCUT2D eigenvalue weighted by molar-refractivity contribution is 6.05. The second kappa shape index (κ2) is 3.86. The Morgan fingerprint density at radius 1 is 1.33 bits per heavy atom.